The molecule has 7 nitrogen and oxygen atoms in total. The first-order chi connectivity index (χ1) is 8.95. The van der Waals surface area contributed by atoms with Crippen molar-refractivity contribution in [2.24, 2.45) is 0 Å². The summed E-state index contributed by atoms with van der Waals surface area (Å²) in [6.07, 6.45) is -6.07. The van der Waals surface area contributed by atoms with E-state index in [9.17, 15) is 15.3 Å². The molecular formula is C12H19NO6. The number of phenols is 1. The van der Waals surface area contributed by atoms with Crippen LogP contribution in [0.1, 0.15) is 0 Å². The minimum absolute atomic E-state index is 0.0683. The van der Waals surface area contributed by atoms with Gasteiger partial charge in [-0.1, -0.05) is 0 Å². The van der Waals surface area contributed by atoms with Crippen LogP contribution in [0, 0.1) is 0 Å². The number of anilines is 1. The van der Waals surface area contributed by atoms with Gasteiger partial charge in [0.15, 0.2) is 0 Å². The van der Waals surface area contributed by atoms with Gasteiger partial charge in [0.1, 0.15) is 24.1 Å². The Bertz CT molecular complexity index is 371. The molecule has 0 bridgehead atoms. The Morgan fingerprint density at radius 3 is 1.95 bits per heavy atom. The van der Waals surface area contributed by atoms with Crippen LogP contribution in [-0.4, -0.2) is 68.2 Å². The van der Waals surface area contributed by atoms with Crippen LogP contribution in [0.25, 0.3) is 0 Å². The standard InChI is InChI=1S/C12H19NO6/c14-6-10(17)12(19)11(18)9(16)5-13-7-1-3-8(15)4-2-7/h1-4,9-19H,5-6H2. The zero-order valence-corrected chi connectivity index (χ0v) is 10.2. The topological polar surface area (TPSA) is 133 Å². The number of phenolic OH excluding ortho intramolecular Hbond substituents is 1. The lowest BCUT2D eigenvalue weighted by Gasteiger charge is -2.25. The Labute approximate surface area is 110 Å². The number of benzene rings is 1. The molecule has 0 aliphatic rings. The number of rotatable bonds is 7. The van der Waals surface area contributed by atoms with Crippen molar-refractivity contribution in [1.82, 2.24) is 0 Å². The Morgan fingerprint density at radius 1 is 0.895 bits per heavy atom. The number of aliphatic hydroxyl groups is 5. The number of hydrogen-bond donors (Lipinski definition) is 7. The summed E-state index contributed by atoms with van der Waals surface area (Å²) in [5.41, 5.74) is 0.612. The van der Waals surface area contributed by atoms with Crippen LogP contribution in [0.3, 0.4) is 0 Å². The number of hydrogen-bond acceptors (Lipinski definition) is 7. The predicted octanol–water partition coefficient (Wildman–Crippen LogP) is -1.76. The molecule has 0 radical (unpaired) electrons. The lowest BCUT2D eigenvalue weighted by molar-refractivity contribution is -0.111. The predicted molar refractivity (Wildman–Crippen MR) is 67.7 cm³/mol. The van der Waals surface area contributed by atoms with Crippen molar-refractivity contribution >= 4 is 5.69 Å². The van der Waals surface area contributed by atoms with Gasteiger partial charge < -0.3 is 36.0 Å². The van der Waals surface area contributed by atoms with Gasteiger partial charge in [0.25, 0.3) is 0 Å². The molecule has 0 aliphatic heterocycles. The largest absolute Gasteiger partial charge is 0.508 e. The van der Waals surface area contributed by atoms with Crippen molar-refractivity contribution in [2.75, 3.05) is 18.5 Å². The first-order valence-corrected chi connectivity index (χ1v) is 5.81. The van der Waals surface area contributed by atoms with E-state index in [1.807, 2.05) is 0 Å². The van der Waals surface area contributed by atoms with Crippen molar-refractivity contribution in [3.05, 3.63) is 24.3 Å². The molecule has 0 amide bonds. The van der Waals surface area contributed by atoms with E-state index in [0.29, 0.717) is 5.69 Å². The zero-order valence-electron chi connectivity index (χ0n) is 10.2. The van der Waals surface area contributed by atoms with Gasteiger partial charge in [-0.25, -0.2) is 0 Å². The fourth-order valence-electron chi connectivity index (χ4n) is 1.49. The SMILES string of the molecule is OCC(O)C(O)C(O)C(O)CNc1ccc(O)cc1. The Balaban J connectivity index is 2.46. The molecule has 0 aromatic heterocycles. The highest BCUT2D eigenvalue weighted by atomic mass is 16.4. The third kappa shape index (κ3) is 4.66. The normalized spacial score (nSPS) is 17.5. The third-order valence-corrected chi connectivity index (χ3v) is 2.71. The fourth-order valence-corrected chi connectivity index (χ4v) is 1.49. The maximum atomic E-state index is 9.63. The van der Waals surface area contributed by atoms with Gasteiger partial charge >= 0.3 is 0 Å². The lowest BCUT2D eigenvalue weighted by Crippen LogP contribution is -2.47. The minimum Gasteiger partial charge on any atom is -0.508 e. The summed E-state index contributed by atoms with van der Waals surface area (Å²) in [5, 5.41) is 58.2. The quantitative estimate of drug-likeness (QED) is 0.293. The number of aliphatic hydroxyl groups excluding tert-OH is 5. The number of nitrogens with one attached hydrogen (secondary N) is 1. The van der Waals surface area contributed by atoms with Crippen molar-refractivity contribution < 1.29 is 30.6 Å². The molecule has 7 heteroatoms. The van der Waals surface area contributed by atoms with Crippen LogP contribution >= 0.6 is 0 Å². The average molecular weight is 273 g/mol. The average Bonchev–Trinajstić information content (AvgIpc) is 2.43. The van der Waals surface area contributed by atoms with E-state index < -0.39 is 31.0 Å². The summed E-state index contributed by atoms with van der Waals surface area (Å²) in [4.78, 5) is 0. The summed E-state index contributed by atoms with van der Waals surface area (Å²) >= 11 is 0. The maximum absolute atomic E-state index is 9.63. The summed E-state index contributed by atoms with van der Waals surface area (Å²) in [5.74, 6) is 0.104. The smallest absolute Gasteiger partial charge is 0.115 e. The molecule has 19 heavy (non-hydrogen) atoms. The Morgan fingerprint density at radius 2 is 1.42 bits per heavy atom. The van der Waals surface area contributed by atoms with Gasteiger partial charge in [0.05, 0.1) is 12.7 Å². The third-order valence-electron chi connectivity index (χ3n) is 2.71. The molecule has 0 saturated carbocycles. The summed E-state index contributed by atoms with van der Waals surface area (Å²) < 4.78 is 0. The zero-order chi connectivity index (χ0) is 14.4. The molecule has 0 fully saturated rings. The molecule has 1 rings (SSSR count). The molecule has 0 aliphatic carbocycles. The van der Waals surface area contributed by atoms with Crippen LogP contribution in [0.2, 0.25) is 0 Å². The minimum atomic E-state index is -1.64. The van der Waals surface area contributed by atoms with E-state index in [1.54, 1.807) is 12.1 Å². The van der Waals surface area contributed by atoms with Crippen LogP contribution in [-0.2, 0) is 0 Å². The lowest BCUT2D eigenvalue weighted by atomic mass is 10.0. The van der Waals surface area contributed by atoms with Crippen LogP contribution in [0.4, 0.5) is 5.69 Å². The summed E-state index contributed by atoms with van der Waals surface area (Å²) in [6, 6.07) is 6.06. The second-order valence-corrected chi connectivity index (χ2v) is 4.23. The highest BCUT2D eigenvalue weighted by Gasteiger charge is 2.29. The molecule has 0 saturated heterocycles. The van der Waals surface area contributed by atoms with Gasteiger partial charge in [-0.3, -0.25) is 0 Å². The van der Waals surface area contributed by atoms with Gasteiger partial charge in [-0.15, -0.1) is 0 Å². The van der Waals surface area contributed by atoms with Crippen LogP contribution in [0.15, 0.2) is 24.3 Å². The molecule has 4 unspecified atom stereocenters. The van der Waals surface area contributed by atoms with Crippen molar-refractivity contribution in [3.63, 3.8) is 0 Å². The molecule has 4 atom stereocenters. The Hall–Kier alpha value is -1.38. The molecule has 1 aromatic rings. The van der Waals surface area contributed by atoms with Gasteiger partial charge in [0.2, 0.25) is 0 Å². The van der Waals surface area contributed by atoms with E-state index in [0.717, 1.165) is 0 Å². The first kappa shape index (κ1) is 15.7. The van der Waals surface area contributed by atoms with E-state index in [2.05, 4.69) is 5.32 Å². The number of aromatic hydroxyl groups is 1. The summed E-state index contributed by atoms with van der Waals surface area (Å²) in [6.45, 7) is -0.780. The summed E-state index contributed by atoms with van der Waals surface area (Å²) in [7, 11) is 0. The van der Waals surface area contributed by atoms with E-state index in [1.165, 1.54) is 12.1 Å². The van der Waals surface area contributed by atoms with Gasteiger partial charge in [0, 0.05) is 12.2 Å². The second-order valence-electron chi connectivity index (χ2n) is 4.23. The molecule has 1 aromatic carbocycles. The molecule has 0 heterocycles. The van der Waals surface area contributed by atoms with Crippen molar-refractivity contribution in [3.8, 4) is 5.75 Å². The highest BCUT2D eigenvalue weighted by Crippen LogP contribution is 2.14. The van der Waals surface area contributed by atoms with Crippen LogP contribution in [0.5, 0.6) is 5.75 Å². The van der Waals surface area contributed by atoms with Gasteiger partial charge in [-0.05, 0) is 24.3 Å². The molecule has 7 N–H and O–H groups in total. The molecule has 108 valence electrons. The Kier molecular flexibility index (Phi) is 6.00. The van der Waals surface area contributed by atoms with Gasteiger partial charge in [-0.2, -0.15) is 0 Å². The highest BCUT2D eigenvalue weighted by molar-refractivity contribution is 5.45. The van der Waals surface area contributed by atoms with E-state index in [4.69, 9.17) is 15.3 Å². The van der Waals surface area contributed by atoms with Crippen LogP contribution < -0.4 is 5.32 Å². The van der Waals surface area contributed by atoms with E-state index in [-0.39, 0.29) is 12.3 Å². The second kappa shape index (κ2) is 7.27. The van der Waals surface area contributed by atoms with Crippen molar-refractivity contribution in [2.45, 2.75) is 24.4 Å². The van der Waals surface area contributed by atoms with Crippen molar-refractivity contribution in [1.29, 1.82) is 0 Å². The molecule has 0 spiro atoms. The first-order valence-electron chi connectivity index (χ1n) is 5.81. The van der Waals surface area contributed by atoms with E-state index >= 15 is 0 Å². The fraction of sp³-hybridized carbons (Fsp3) is 0.500. The maximum Gasteiger partial charge on any atom is 0.115 e. The molecular weight excluding hydrogens is 254 g/mol. The monoisotopic (exact) mass is 273 g/mol.